The van der Waals surface area contributed by atoms with E-state index in [-0.39, 0.29) is 0 Å². The quantitative estimate of drug-likeness (QED) is 0.653. The second-order valence-corrected chi connectivity index (χ2v) is 2.63. The first-order valence-corrected chi connectivity index (χ1v) is 4.19. The van der Waals surface area contributed by atoms with E-state index in [1.54, 1.807) is 24.3 Å². The molecule has 0 radical (unpaired) electrons. The zero-order chi connectivity index (χ0) is 10.4. The van der Waals surface area contributed by atoms with Gasteiger partial charge in [-0.2, -0.15) is 0 Å². The van der Waals surface area contributed by atoms with E-state index in [4.69, 9.17) is 0 Å². The predicted octanol–water partition coefficient (Wildman–Crippen LogP) is 0.827. The molecule has 0 saturated heterocycles. The van der Waals surface area contributed by atoms with Crippen molar-refractivity contribution >= 4 is 18.4 Å². The minimum absolute atomic E-state index is 0.416. The summed E-state index contributed by atoms with van der Waals surface area (Å²) in [5.41, 5.74) is 0.416. The number of pyridine rings is 1. The zero-order valence-electron chi connectivity index (χ0n) is 7.81. The molecule has 0 fully saturated rings. The van der Waals surface area contributed by atoms with Gasteiger partial charge in [0, 0.05) is 5.22 Å². The molecule has 0 amide bonds. The third-order valence-corrected chi connectivity index (χ3v) is 1.67. The van der Waals surface area contributed by atoms with Gasteiger partial charge in [0.05, 0.1) is 5.35 Å². The van der Waals surface area contributed by atoms with Crippen LogP contribution in [0, 0.1) is 0 Å². The molecule has 70 valence electrons. The summed E-state index contributed by atoms with van der Waals surface area (Å²) in [5.74, 6) is 0. The SMILES string of the molecule is C=C/C=c1/ccc(C=O)n/c1=C/C=C. The maximum absolute atomic E-state index is 10.5. The molecule has 0 aliphatic rings. The minimum Gasteiger partial charge on any atom is -0.296 e. The Balaban J connectivity index is 3.54. The van der Waals surface area contributed by atoms with Crippen molar-refractivity contribution in [2.45, 2.75) is 0 Å². The van der Waals surface area contributed by atoms with Crippen molar-refractivity contribution in [1.29, 1.82) is 0 Å². The van der Waals surface area contributed by atoms with Crippen molar-refractivity contribution in [3.8, 4) is 0 Å². The van der Waals surface area contributed by atoms with Crippen LogP contribution in [0.25, 0.3) is 12.2 Å². The highest BCUT2D eigenvalue weighted by atomic mass is 16.1. The summed E-state index contributed by atoms with van der Waals surface area (Å²) in [6.45, 7) is 7.20. The molecule has 0 aliphatic heterocycles. The van der Waals surface area contributed by atoms with Gasteiger partial charge in [-0.25, -0.2) is 4.98 Å². The molecule has 0 bridgehead atoms. The molecule has 1 aromatic heterocycles. The molecule has 0 aliphatic carbocycles. The van der Waals surface area contributed by atoms with E-state index in [0.717, 1.165) is 16.9 Å². The number of carbonyl (C=O) groups excluding carboxylic acids is 1. The first-order valence-electron chi connectivity index (χ1n) is 4.19. The molecule has 1 heterocycles. The summed E-state index contributed by atoms with van der Waals surface area (Å²) in [4.78, 5) is 14.6. The fourth-order valence-corrected chi connectivity index (χ4v) is 1.08. The average Bonchev–Trinajstić information content (AvgIpc) is 2.21. The van der Waals surface area contributed by atoms with Crippen LogP contribution in [0.3, 0.4) is 0 Å². The number of aromatic nitrogens is 1. The summed E-state index contributed by atoms with van der Waals surface area (Å²) >= 11 is 0. The Morgan fingerprint density at radius 1 is 1.14 bits per heavy atom. The highest BCUT2D eigenvalue weighted by molar-refractivity contribution is 5.71. The number of hydrogen-bond acceptors (Lipinski definition) is 2. The molecule has 0 saturated carbocycles. The predicted molar refractivity (Wildman–Crippen MR) is 58.2 cm³/mol. The summed E-state index contributed by atoms with van der Waals surface area (Å²) in [6, 6.07) is 3.50. The molecule has 1 rings (SSSR count). The Hall–Kier alpha value is -1.96. The molecule has 0 atom stereocenters. The van der Waals surface area contributed by atoms with E-state index in [1.165, 1.54) is 0 Å². The summed E-state index contributed by atoms with van der Waals surface area (Å²) < 4.78 is 0. The maximum Gasteiger partial charge on any atom is 0.168 e. The largest absolute Gasteiger partial charge is 0.296 e. The molecule has 0 spiro atoms. The normalized spacial score (nSPS) is 12.6. The van der Waals surface area contributed by atoms with Crippen LogP contribution in [0.4, 0.5) is 0 Å². The van der Waals surface area contributed by atoms with Crippen molar-refractivity contribution in [2.75, 3.05) is 0 Å². The van der Waals surface area contributed by atoms with Crippen LogP contribution < -0.4 is 10.6 Å². The fourth-order valence-electron chi connectivity index (χ4n) is 1.08. The van der Waals surface area contributed by atoms with E-state index in [1.807, 2.05) is 12.1 Å². The molecule has 0 unspecified atom stereocenters. The third-order valence-electron chi connectivity index (χ3n) is 1.67. The van der Waals surface area contributed by atoms with Crippen LogP contribution in [-0.2, 0) is 0 Å². The van der Waals surface area contributed by atoms with Crippen LogP contribution >= 0.6 is 0 Å². The number of allylic oxidation sites excluding steroid dienone is 2. The van der Waals surface area contributed by atoms with Gasteiger partial charge in [0.25, 0.3) is 0 Å². The summed E-state index contributed by atoms with van der Waals surface area (Å²) in [5, 5.41) is 1.65. The molecule has 2 nitrogen and oxygen atoms in total. The second-order valence-electron chi connectivity index (χ2n) is 2.63. The van der Waals surface area contributed by atoms with Crippen LogP contribution in [0.1, 0.15) is 10.5 Å². The third kappa shape index (κ3) is 2.26. The van der Waals surface area contributed by atoms with Crippen molar-refractivity contribution in [3.05, 3.63) is 53.7 Å². The Kier molecular flexibility index (Phi) is 3.56. The van der Waals surface area contributed by atoms with Crippen LogP contribution in [-0.4, -0.2) is 11.3 Å². The van der Waals surface area contributed by atoms with Crippen LogP contribution in [0.5, 0.6) is 0 Å². The second kappa shape index (κ2) is 4.92. The van der Waals surface area contributed by atoms with Gasteiger partial charge in [0.1, 0.15) is 5.69 Å². The summed E-state index contributed by atoms with van der Waals surface area (Å²) in [6.07, 6.45) is 7.62. The molecular weight excluding hydrogens is 174 g/mol. The van der Waals surface area contributed by atoms with E-state index in [0.29, 0.717) is 5.69 Å². The Labute approximate surface area is 82.6 Å². The molecule has 0 aromatic carbocycles. The van der Waals surface area contributed by atoms with Gasteiger partial charge < -0.3 is 0 Å². The lowest BCUT2D eigenvalue weighted by atomic mass is 10.2. The monoisotopic (exact) mass is 185 g/mol. The molecule has 1 aromatic rings. The van der Waals surface area contributed by atoms with E-state index < -0.39 is 0 Å². The molecule has 0 N–H and O–H groups in total. The first kappa shape index (κ1) is 10.1. The van der Waals surface area contributed by atoms with Gasteiger partial charge in [-0.05, 0) is 12.1 Å². The number of aldehydes is 1. The van der Waals surface area contributed by atoms with Gasteiger partial charge in [0.15, 0.2) is 6.29 Å². The number of hydrogen-bond donors (Lipinski definition) is 0. The Morgan fingerprint density at radius 2 is 1.86 bits per heavy atom. The van der Waals surface area contributed by atoms with Crippen LogP contribution in [0.15, 0.2) is 37.4 Å². The van der Waals surface area contributed by atoms with Gasteiger partial charge in [0.2, 0.25) is 0 Å². The standard InChI is InChI=1S/C12H11NO/c1-3-5-10-7-8-11(9-14)13-12(10)6-4-2/h3-9H,1-2H2/b10-5-,12-6+. The van der Waals surface area contributed by atoms with Crippen molar-refractivity contribution in [3.63, 3.8) is 0 Å². The highest BCUT2D eigenvalue weighted by Gasteiger charge is 1.90. The van der Waals surface area contributed by atoms with E-state index in [2.05, 4.69) is 18.1 Å². The van der Waals surface area contributed by atoms with Crippen molar-refractivity contribution in [1.82, 2.24) is 4.98 Å². The smallest absolute Gasteiger partial charge is 0.168 e. The van der Waals surface area contributed by atoms with Gasteiger partial charge >= 0.3 is 0 Å². The Morgan fingerprint density at radius 3 is 2.43 bits per heavy atom. The molecule has 2 heteroatoms. The topological polar surface area (TPSA) is 30.0 Å². The Bertz CT molecular complexity index is 472. The van der Waals surface area contributed by atoms with Crippen LogP contribution in [0.2, 0.25) is 0 Å². The summed E-state index contributed by atoms with van der Waals surface area (Å²) in [7, 11) is 0. The lowest BCUT2D eigenvalue weighted by molar-refractivity contribution is 0.111. The average molecular weight is 185 g/mol. The highest BCUT2D eigenvalue weighted by Crippen LogP contribution is 1.80. The van der Waals surface area contributed by atoms with Crippen molar-refractivity contribution < 1.29 is 4.79 Å². The first-order chi connectivity index (χ1) is 6.81. The number of rotatable bonds is 3. The maximum atomic E-state index is 10.5. The lowest BCUT2D eigenvalue weighted by Gasteiger charge is -1.91. The zero-order valence-corrected chi connectivity index (χ0v) is 7.81. The lowest BCUT2D eigenvalue weighted by Crippen LogP contribution is -2.28. The fraction of sp³-hybridized carbons (Fsp3) is 0. The van der Waals surface area contributed by atoms with Gasteiger partial charge in [-0.15, -0.1) is 0 Å². The number of nitrogens with zero attached hydrogens (tertiary/aromatic N) is 1. The number of carbonyl (C=O) groups is 1. The minimum atomic E-state index is 0.416. The molecule has 14 heavy (non-hydrogen) atoms. The van der Waals surface area contributed by atoms with Gasteiger partial charge in [-0.1, -0.05) is 37.5 Å². The van der Waals surface area contributed by atoms with E-state index in [9.17, 15) is 4.79 Å². The van der Waals surface area contributed by atoms with Crippen molar-refractivity contribution in [2.24, 2.45) is 0 Å². The van der Waals surface area contributed by atoms with Gasteiger partial charge in [-0.3, -0.25) is 4.79 Å². The van der Waals surface area contributed by atoms with E-state index >= 15 is 0 Å². The molecular formula is C12H11NO.